The van der Waals surface area contributed by atoms with Gasteiger partial charge in [-0.15, -0.1) is 0 Å². The van der Waals surface area contributed by atoms with E-state index in [9.17, 15) is 4.79 Å². The summed E-state index contributed by atoms with van der Waals surface area (Å²) in [6.45, 7) is 1.63. The molecule has 3 aliphatic rings. The van der Waals surface area contributed by atoms with Crippen LogP contribution in [-0.2, 0) is 21.4 Å². The Bertz CT molecular complexity index is 976. The van der Waals surface area contributed by atoms with E-state index in [1.165, 1.54) is 30.5 Å². The second-order valence-electron chi connectivity index (χ2n) is 8.67. The van der Waals surface area contributed by atoms with E-state index in [0.29, 0.717) is 6.42 Å². The number of carbonyl (C=O) groups excluding carboxylic acids is 1. The number of carbonyl (C=O) groups is 1. The lowest BCUT2D eigenvalue weighted by Gasteiger charge is -2.46. The molecule has 2 aliphatic heterocycles. The van der Waals surface area contributed by atoms with E-state index in [4.69, 9.17) is 9.47 Å². The van der Waals surface area contributed by atoms with Gasteiger partial charge in [0.1, 0.15) is 12.0 Å². The zero-order valence-corrected chi connectivity index (χ0v) is 17.6. The van der Waals surface area contributed by atoms with Gasteiger partial charge >= 0.3 is 0 Å². The highest BCUT2D eigenvalue weighted by Crippen LogP contribution is 2.61. The number of ether oxygens (including phenoxy) is 2. The number of anilines is 1. The van der Waals surface area contributed by atoms with Gasteiger partial charge in [-0.25, -0.2) is 0 Å². The van der Waals surface area contributed by atoms with Crippen LogP contribution in [0.5, 0.6) is 5.75 Å². The summed E-state index contributed by atoms with van der Waals surface area (Å²) >= 11 is 0. The predicted octanol–water partition coefficient (Wildman–Crippen LogP) is 4.90. The number of hydrogen-bond acceptors (Lipinski definition) is 4. The van der Waals surface area contributed by atoms with Crippen molar-refractivity contribution in [3.05, 3.63) is 65.2 Å². The van der Waals surface area contributed by atoms with Crippen molar-refractivity contribution in [3.63, 3.8) is 0 Å². The molecule has 1 unspecified atom stereocenters. The average molecular weight is 404 g/mol. The Hall–Kier alpha value is -2.59. The van der Waals surface area contributed by atoms with E-state index in [2.05, 4.69) is 47.4 Å². The van der Waals surface area contributed by atoms with Gasteiger partial charge in [-0.2, -0.15) is 0 Å². The molecular formula is C26H29NO3. The maximum atomic E-state index is 11.2. The summed E-state index contributed by atoms with van der Waals surface area (Å²) in [5.41, 5.74) is 4.34. The predicted molar refractivity (Wildman–Crippen MR) is 119 cm³/mol. The van der Waals surface area contributed by atoms with Gasteiger partial charge in [-0.05, 0) is 53.8 Å². The quantitative estimate of drug-likeness (QED) is 0.666. The third-order valence-corrected chi connectivity index (χ3v) is 7.21. The first-order valence-corrected chi connectivity index (χ1v) is 11.0. The molecule has 1 aliphatic carbocycles. The van der Waals surface area contributed by atoms with Crippen molar-refractivity contribution >= 4 is 18.0 Å². The van der Waals surface area contributed by atoms with Crippen molar-refractivity contribution in [3.8, 4) is 5.75 Å². The highest BCUT2D eigenvalue weighted by molar-refractivity contribution is 5.72. The van der Waals surface area contributed by atoms with Crippen molar-refractivity contribution in [2.24, 2.45) is 0 Å². The number of fused-ring (bicyclic) bond motifs is 5. The summed E-state index contributed by atoms with van der Waals surface area (Å²) < 4.78 is 12.1. The molecule has 0 aromatic heterocycles. The molecule has 0 bridgehead atoms. The first kappa shape index (κ1) is 19.4. The molecule has 1 spiro atoms. The largest absolute Gasteiger partial charge is 0.497 e. The highest BCUT2D eigenvalue weighted by atomic mass is 16.5. The molecule has 2 aromatic carbocycles. The minimum absolute atomic E-state index is 0.0641. The number of rotatable bonds is 5. The number of nitrogens with zero attached hydrogens (tertiary/aromatic N) is 1. The Morgan fingerprint density at radius 2 is 2.00 bits per heavy atom. The lowest BCUT2D eigenvalue weighted by Crippen LogP contribution is -2.55. The van der Waals surface area contributed by atoms with E-state index >= 15 is 0 Å². The SMILES string of the molecule is COc1cccc(C=CC23OCCN2c2ccc(CC=O)cc2C32CCCCC2)c1. The maximum absolute atomic E-state index is 11.2. The van der Waals surface area contributed by atoms with Crippen molar-refractivity contribution in [2.75, 3.05) is 25.2 Å². The van der Waals surface area contributed by atoms with Crippen LogP contribution in [0.2, 0.25) is 0 Å². The monoisotopic (exact) mass is 403 g/mol. The standard InChI is InChI=1S/C26H29NO3/c1-29-22-7-5-6-20(18-22)10-14-26-25(12-3-2-4-13-25)23-19-21(11-16-28)8-9-24(23)27(26)15-17-30-26/h5-10,14,16,18-19H,2-4,11-13,15,17H2,1H3. The smallest absolute Gasteiger partial charge is 0.170 e. The maximum Gasteiger partial charge on any atom is 0.170 e. The molecule has 1 saturated heterocycles. The minimum atomic E-state index is -0.460. The first-order chi connectivity index (χ1) is 14.7. The van der Waals surface area contributed by atoms with Crippen molar-refractivity contribution < 1.29 is 14.3 Å². The third-order valence-electron chi connectivity index (χ3n) is 7.21. The second-order valence-corrected chi connectivity index (χ2v) is 8.67. The van der Waals surface area contributed by atoms with Crippen LogP contribution in [-0.4, -0.2) is 32.3 Å². The fraction of sp³-hybridized carbons (Fsp3) is 0.423. The average Bonchev–Trinajstić information content (AvgIpc) is 3.31. The number of methoxy groups -OCH3 is 1. The van der Waals surface area contributed by atoms with Gasteiger partial charge in [0.05, 0.1) is 13.7 Å². The summed E-state index contributed by atoms with van der Waals surface area (Å²) in [5, 5.41) is 0. The zero-order chi connectivity index (χ0) is 20.6. The minimum Gasteiger partial charge on any atom is -0.497 e. The van der Waals surface area contributed by atoms with Crippen LogP contribution in [0.3, 0.4) is 0 Å². The molecule has 0 N–H and O–H groups in total. The Morgan fingerprint density at radius 1 is 1.13 bits per heavy atom. The normalized spacial score (nSPS) is 24.2. The molecule has 156 valence electrons. The lowest BCUT2D eigenvalue weighted by atomic mass is 9.64. The van der Waals surface area contributed by atoms with E-state index in [-0.39, 0.29) is 5.41 Å². The summed E-state index contributed by atoms with van der Waals surface area (Å²) in [6, 6.07) is 14.7. The van der Waals surface area contributed by atoms with Crippen LogP contribution in [0.15, 0.2) is 48.5 Å². The molecule has 0 radical (unpaired) electrons. The molecule has 5 rings (SSSR count). The third kappa shape index (κ3) is 2.81. The number of benzene rings is 2. The lowest BCUT2D eigenvalue weighted by molar-refractivity contribution is -0.107. The van der Waals surface area contributed by atoms with Gasteiger partial charge in [0.25, 0.3) is 0 Å². The van der Waals surface area contributed by atoms with Gasteiger partial charge < -0.3 is 19.2 Å². The number of aldehydes is 1. The molecule has 1 saturated carbocycles. The Morgan fingerprint density at radius 3 is 2.80 bits per heavy atom. The molecule has 2 fully saturated rings. The molecule has 4 heteroatoms. The fourth-order valence-electron chi connectivity index (χ4n) is 5.89. The topological polar surface area (TPSA) is 38.8 Å². The Kier molecular flexibility index (Phi) is 4.90. The van der Waals surface area contributed by atoms with E-state index in [1.54, 1.807) is 7.11 Å². The molecule has 2 aromatic rings. The summed E-state index contributed by atoms with van der Waals surface area (Å²) in [7, 11) is 1.70. The van der Waals surface area contributed by atoms with Gasteiger partial charge in [-0.3, -0.25) is 0 Å². The van der Waals surface area contributed by atoms with Crippen LogP contribution < -0.4 is 9.64 Å². The Balaban J connectivity index is 1.63. The molecule has 1 atom stereocenters. The number of hydrogen-bond donors (Lipinski definition) is 0. The van der Waals surface area contributed by atoms with Crippen LogP contribution in [0, 0.1) is 0 Å². The Labute approximate surface area is 178 Å². The van der Waals surface area contributed by atoms with E-state index in [1.807, 2.05) is 12.1 Å². The van der Waals surface area contributed by atoms with Gasteiger partial charge in [0, 0.05) is 24.1 Å². The van der Waals surface area contributed by atoms with Crippen molar-refractivity contribution in [1.82, 2.24) is 0 Å². The van der Waals surface area contributed by atoms with E-state index < -0.39 is 5.72 Å². The molecular weight excluding hydrogens is 374 g/mol. The fourth-order valence-corrected chi connectivity index (χ4v) is 5.89. The van der Waals surface area contributed by atoms with Gasteiger partial charge in [0.15, 0.2) is 5.72 Å². The van der Waals surface area contributed by atoms with Crippen LogP contribution in [0.4, 0.5) is 5.69 Å². The highest BCUT2D eigenvalue weighted by Gasteiger charge is 2.63. The van der Waals surface area contributed by atoms with Crippen LogP contribution in [0.1, 0.15) is 48.8 Å². The van der Waals surface area contributed by atoms with Crippen molar-refractivity contribution in [1.29, 1.82) is 0 Å². The zero-order valence-electron chi connectivity index (χ0n) is 17.6. The van der Waals surface area contributed by atoms with Crippen LogP contribution in [0.25, 0.3) is 6.08 Å². The molecule has 30 heavy (non-hydrogen) atoms. The molecule has 0 amide bonds. The summed E-state index contributed by atoms with van der Waals surface area (Å²) in [4.78, 5) is 13.6. The second kappa shape index (κ2) is 7.59. The first-order valence-electron chi connectivity index (χ1n) is 11.0. The molecule has 2 heterocycles. The van der Waals surface area contributed by atoms with Crippen molar-refractivity contribution in [2.45, 2.75) is 49.7 Å². The van der Waals surface area contributed by atoms with E-state index in [0.717, 1.165) is 49.2 Å². The summed E-state index contributed by atoms with van der Waals surface area (Å²) in [6.07, 6.45) is 11.9. The molecule has 4 nitrogen and oxygen atoms in total. The summed E-state index contributed by atoms with van der Waals surface area (Å²) in [5.74, 6) is 0.861. The van der Waals surface area contributed by atoms with Gasteiger partial charge in [-0.1, -0.05) is 49.6 Å². The van der Waals surface area contributed by atoms with Gasteiger partial charge in [0.2, 0.25) is 0 Å². The van der Waals surface area contributed by atoms with Crippen LogP contribution >= 0.6 is 0 Å².